The first kappa shape index (κ1) is 16.8. The van der Waals surface area contributed by atoms with E-state index in [0.29, 0.717) is 0 Å². The minimum atomic E-state index is 0.755. The van der Waals surface area contributed by atoms with E-state index < -0.39 is 0 Å². The first-order valence-corrected chi connectivity index (χ1v) is 7.06. The molecule has 0 bridgehead atoms. The third kappa shape index (κ3) is 10.7. The summed E-state index contributed by atoms with van der Waals surface area (Å²) in [7, 11) is 2.19. The zero-order valence-electron chi connectivity index (χ0n) is 12.0. The second-order valence-corrected chi connectivity index (χ2v) is 4.68. The molecule has 4 nitrogen and oxygen atoms in total. The van der Waals surface area contributed by atoms with Gasteiger partial charge in [0.25, 0.3) is 0 Å². The van der Waals surface area contributed by atoms with Crippen molar-refractivity contribution in [3.63, 3.8) is 0 Å². The Balaban J connectivity index is 3.65. The molecular weight excluding hydrogens is 212 g/mol. The maximum absolute atomic E-state index is 5.65. The lowest BCUT2D eigenvalue weighted by Crippen LogP contribution is -2.40. The number of rotatable bonds is 12. The number of nitrogens with one attached hydrogen (secondary N) is 1. The van der Waals surface area contributed by atoms with Crippen LogP contribution in [0.4, 0.5) is 0 Å². The van der Waals surface area contributed by atoms with E-state index in [0.717, 1.165) is 45.8 Å². The van der Waals surface area contributed by atoms with Gasteiger partial charge in [-0.25, -0.2) is 0 Å². The molecule has 0 aliphatic carbocycles. The van der Waals surface area contributed by atoms with Crippen molar-refractivity contribution >= 4 is 0 Å². The Kier molecular flexibility index (Phi) is 12.2. The molecule has 104 valence electrons. The van der Waals surface area contributed by atoms with Crippen LogP contribution in [0.15, 0.2) is 0 Å². The van der Waals surface area contributed by atoms with Gasteiger partial charge in [0, 0.05) is 39.3 Å². The maximum atomic E-state index is 5.65. The molecule has 0 radical (unpaired) electrons. The van der Waals surface area contributed by atoms with E-state index in [-0.39, 0.29) is 0 Å². The van der Waals surface area contributed by atoms with E-state index in [9.17, 15) is 0 Å². The largest absolute Gasteiger partial charge is 0.329 e. The van der Waals surface area contributed by atoms with E-state index in [1.807, 2.05) is 0 Å². The van der Waals surface area contributed by atoms with Crippen LogP contribution in [0.25, 0.3) is 0 Å². The zero-order valence-corrected chi connectivity index (χ0v) is 12.0. The summed E-state index contributed by atoms with van der Waals surface area (Å²) >= 11 is 0. The van der Waals surface area contributed by atoms with Gasteiger partial charge >= 0.3 is 0 Å². The van der Waals surface area contributed by atoms with Crippen molar-refractivity contribution < 1.29 is 0 Å². The van der Waals surface area contributed by atoms with Crippen molar-refractivity contribution in [2.24, 2.45) is 5.73 Å². The van der Waals surface area contributed by atoms with Crippen LogP contribution in [0.5, 0.6) is 0 Å². The number of likely N-dealkylation sites (N-methyl/N-ethyl adjacent to an activating group) is 1. The Morgan fingerprint density at radius 1 is 0.882 bits per heavy atom. The molecule has 17 heavy (non-hydrogen) atoms. The Hall–Kier alpha value is -0.160. The minimum Gasteiger partial charge on any atom is -0.329 e. The van der Waals surface area contributed by atoms with Gasteiger partial charge in [0.05, 0.1) is 0 Å². The quantitative estimate of drug-likeness (QED) is 0.493. The first-order chi connectivity index (χ1) is 8.24. The highest BCUT2D eigenvalue weighted by atomic mass is 15.2. The summed E-state index contributed by atoms with van der Waals surface area (Å²) in [5.74, 6) is 0. The van der Waals surface area contributed by atoms with Crippen LogP contribution in [0, 0.1) is 0 Å². The van der Waals surface area contributed by atoms with Crippen LogP contribution in [-0.2, 0) is 0 Å². The molecule has 3 N–H and O–H groups in total. The number of nitrogens with zero attached hydrogens (tertiary/aromatic N) is 2. The highest BCUT2D eigenvalue weighted by molar-refractivity contribution is 4.63. The van der Waals surface area contributed by atoms with Gasteiger partial charge in [-0.15, -0.1) is 0 Å². The Morgan fingerprint density at radius 3 is 2.24 bits per heavy atom. The summed E-state index contributed by atoms with van der Waals surface area (Å²) in [5.41, 5.74) is 5.65. The second-order valence-electron chi connectivity index (χ2n) is 4.68. The highest BCUT2D eigenvalue weighted by Gasteiger charge is 2.05. The average Bonchev–Trinajstić information content (AvgIpc) is 2.32. The number of nitrogens with two attached hydrogens (primary N) is 1. The predicted molar refractivity (Wildman–Crippen MR) is 76.4 cm³/mol. The van der Waals surface area contributed by atoms with Gasteiger partial charge in [0.2, 0.25) is 0 Å². The van der Waals surface area contributed by atoms with Gasteiger partial charge in [-0.1, -0.05) is 13.8 Å². The van der Waals surface area contributed by atoms with Crippen molar-refractivity contribution in [2.45, 2.75) is 26.7 Å². The monoisotopic (exact) mass is 244 g/mol. The van der Waals surface area contributed by atoms with Crippen molar-refractivity contribution in [2.75, 3.05) is 59.4 Å². The lowest BCUT2D eigenvalue weighted by atomic mass is 10.4. The molecule has 0 aromatic carbocycles. The summed E-state index contributed by atoms with van der Waals surface area (Å²) in [6, 6.07) is 0. The van der Waals surface area contributed by atoms with Gasteiger partial charge in [0.15, 0.2) is 0 Å². The fraction of sp³-hybridized carbons (Fsp3) is 1.00. The maximum Gasteiger partial charge on any atom is 0.0110 e. The smallest absolute Gasteiger partial charge is 0.0110 e. The minimum absolute atomic E-state index is 0.755. The summed E-state index contributed by atoms with van der Waals surface area (Å²) in [6.07, 6.45) is 2.43. The molecule has 0 aromatic heterocycles. The van der Waals surface area contributed by atoms with Crippen molar-refractivity contribution in [1.82, 2.24) is 15.1 Å². The third-order valence-corrected chi connectivity index (χ3v) is 2.88. The predicted octanol–water partition coefficient (Wildman–Crippen LogP) is 0.589. The molecule has 0 atom stereocenters. The van der Waals surface area contributed by atoms with E-state index in [1.165, 1.54) is 19.4 Å². The fourth-order valence-electron chi connectivity index (χ4n) is 1.86. The summed E-state index contributed by atoms with van der Waals surface area (Å²) in [4.78, 5) is 4.85. The van der Waals surface area contributed by atoms with Crippen LogP contribution in [0.1, 0.15) is 26.7 Å². The standard InChI is InChI=1S/C13H32N4/c1-4-7-15-8-11-17(10-6-14)13-12-16(3)9-5-2/h15H,4-14H2,1-3H3. The van der Waals surface area contributed by atoms with Crippen molar-refractivity contribution in [3.8, 4) is 0 Å². The lowest BCUT2D eigenvalue weighted by Gasteiger charge is -2.25. The molecule has 0 spiro atoms. The first-order valence-electron chi connectivity index (χ1n) is 7.06. The number of hydrogen-bond acceptors (Lipinski definition) is 4. The summed E-state index contributed by atoms with van der Waals surface area (Å²) in [5, 5.41) is 3.44. The number of hydrogen-bond donors (Lipinski definition) is 2. The zero-order chi connectivity index (χ0) is 12.9. The summed E-state index contributed by atoms with van der Waals surface area (Å²) in [6.45, 7) is 12.9. The molecule has 0 aliphatic rings. The van der Waals surface area contributed by atoms with Gasteiger partial charge in [-0.3, -0.25) is 4.90 Å². The van der Waals surface area contributed by atoms with E-state index >= 15 is 0 Å². The summed E-state index contributed by atoms with van der Waals surface area (Å²) < 4.78 is 0. The van der Waals surface area contributed by atoms with Gasteiger partial charge in [-0.2, -0.15) is 0 Å². The third-order valence-electron chi connectivity index (χ3n) is 2.88. The Labute approximate surface area is 108 Å². The molecule has 0 fully saturated rings. The average molecular weight is 244 g/mol. The van der Waals surface area contributed by atoms with E-state index in [2.05, 4.69) is 36.0 Å². The van der Waals surface area contributed by atoms with Crippen LogP contribution in [0.2, 0.25) is 0 Å². The molecule has 0 aromatic rings. The molecular formula is C13H32N4. The fourth-order valence-corrected chi connectivity index (χ4v) is 1.86. The molecule has 0 heterocycles. The van der Waals surface area contributed by atoms with Gasteiger partial charge in [0.1, 0.15) is 0 Å². The topological polar surface area (TPSA) is 44.5 Å². The van der Waals surface area contributed by atoms with Crippen molar-refractivity contribution in [1.29, 1.82) is 0 Å². The van der Waals surface area contributed by atoms with E-state index in [1.54, 1.807) is 0 Å². The van der Waals surface area contributed by atoms with Crippen LogP contribution >= 0.6 is 0 Å². The van der Waals surface area contributed by atoms with Crippen LogP contribution in [0.3, 0.4) is 0 Å². The van der Waals surface area contributed by atoms with Crippen molar-refractivity contribution in [3.05, 3.63) is 0 Å². The highest BCUT2D eigenvalue weighted by Crippen LogP contribution is 1.91. The normalized spacial score (nSPS) is 11.6. The van der Waals surface area contributed by atoms with Gasteiger partial charge < -0.3 is 16.0 Å². The molecule has 0 saturated carbocycles. The van der Waals surface area contributed by atoms with Gasteiger partial charge in [-0.05, 0) is 33.0 Å². The molecule has 0 rings (SSSR count). The molecule has 0 saturated heterocycles. The lowest BCUT2D eigenvalue weighted by molar-refractivity contribution is 0.229. The Morgan fingerprint density at radius 2 is 1.65 bits per heavy atom. The van der Waals surface area contributed by atoms with E-state index in [4.69, 9.17) is 5.73 Å². The van der Waals surface area contributed by atoms with Crippen LogP contribution in [-0.4, -0.2) is 69.2 Å². The molecule has 4 heteroatoms. The molecule has 0 aliphatic heterocycles. The van der Waals surface area contributed by atoms with Crippen LogP contribution < -0.4 is 11.1 Å². The Bertz CT molecular complexity index is 152. The SMILES string of the molecule is CCCNCCN(CCN)CCN(C)CCC. The molecule has 0 unspecified atom stereocenters. The second kappa shape index (κ2) is 12.3. The molecule has 0 amide bonds.